The van der Waals surface area contributed by atoms with Gasteiger partial charge in [0, 0.05) is 6.07 Å². The van der Waals surface area contributed by atoms with Gasteiger partial charge in [-0.3, -0.25) is 4.79 Å². The van der Waals surface area contributed by atoms with E-state index in [1.165, 1.54) is 0 Å². The van der Waals surface area contributed by atoms with Crippen molar-refractivity contribution < 1.29 is 23.5 Å². The molecule has 7 heteroatoms. The van der Waals surface area contributed by atoms with E-state index in [0.29, 0.717) is 31.0 Å². The maximum absolute atomic E-state index is 13.2. The molecular formula is C14H16F2N2O3. The van der Waals surface area contributed by atoms with Crippen LogP contribution in [0.1, 0.15) is 30.1 Å². The van der Waals surface area contributed by atoms with E-state index in [1.54, 1.807) is 0 Å². The summed E-state index contributed by atoms with van der Waals surface area (Å²) in [6.07, 6.45) is 1.56. The van der Waals surface area contributed by atoms with Gasteiger partial charge in [0.15, 0.2) is 11.6 Å². The number of nitrogens with one attached hydrogen (secondary N) is 2. The number of carboxylic acids is 1. The summed E-state index contributed by atoms with van der Waals surface area (Å²) >= 11 is 0. The van der Waals surface area contributed by atoms with Crippen molar-refractivity contribution in [1.29, 1.82) is 0 Å². The summed E-state index contributed by atoms with van der Waals surface area (Å²) < 4.78 is 26.3. The van der Waals surface area contributed by atoms with Crippen LogP contribution in [0.25, 0.3) is 0 Å². The van der Waals surface area contributed by atoms with Gasteiger partial charge in [0.05, 0.1) is 17.3 Å². The molecule has 1 amide bonds. The van der Waals surface area contributed by atoms with Gasteiger partial charge < -0.3 is 15.7 Å². The molecule has 1 aliphatic heterocycles. The van der Waals surface area contributed by atoms with Gasteiger partial charge in [-0.15, -0.1) is 0 Å². The minimum Gasteiger partial charge on any atom is -0.478 e. The molecule has 1 fully saturated rings. The Morgan fingerprint density at radius 3 is 2.62 bits per heavy atom. The van der Waals surface area contributed by atoms with Crippen molar-refractivity contribution in [2.45, 2.75) is 25.8 Å². The van der Waals surface area contributed by atoms with Gasteiger partial charge in [-0.2, -0.15) is 0 Å². The minimum absolute atomic E-state index is 0.244. The number of rotatable bonds is 3. The Kier molecular flexibility index (Phi) is 4.52. The number of hydrogen-bond acceptors (Lipinski definition) is 3. The summed E-state index contributed by atoms with van der Waals surface area (Å²) in [7, 11) is 0. The molecule has 0 aliphatic carbocycles. The zero-order valence-corrected chi connectivity index (χ0v) is 11.5. The standard InChI is InChI=1S/C14H16F2N2O3/c1-7-2-3-17-12(4-7)13(19)18-11-6-10(16)9(15)5-8(11)14(20)21/h5-7,12,17H,2-4H2,1H3,(H,18,19)(H,20,21). The van der Waals surface area contributed by atoms with Gasteiger partial charge in [0.1, 0.15) is 0 Å². The van der Waals surface area contributed by atoms with Crippen LogP contribution in [0, 0.1) is 17.6 Å². The largest absolute Gasteiger partial charge is 0.478 e. The average Bonchev–Trinajstić information content (AvgIpc) is 2.42. The zero-order valence-electron chi connectivity index (χ0n) is 11.5. The molecule has 5 nitrogen and oxygen atoms in total. The lowest BCUT2D eigenvalue weighted by molar-refractivity contribution is -0.119. The van der Waals surface area contributed by atoms with Gasteiger partial charge in [0.2, 0.25) is 5.91 Å². The number of carbonyl (C=O) groups excluding carboxylic acids is 1. The molecule has 1 aromatic carbocycles. The molecule has 1 heterocycles. The Morgan fingerprint density at radius 1 is 1.33 bits per heavy atom. The van der Waals surface area contributed by atoms with Crippen molar-refractivity contribution >= 4 is 17.6 Å². The van der Waals surface area contributed by atoms with Crippen LogP contribution in [0.4, 0.5) is 14.5 Å². The Balaban J connectivity index is 2.20. The highest BCUT2D eigenvalue weighted by Gasteiger charge is 2.26. The lowest BCUT2D eigenvalue weighted by atomic mass is 9.94. The van der Waals surface area contributed by atoms with E-state index in [-0.39, 0.29) is 5.69 Å². The zero-order chi connectivity index (χ0) is 15.6. The Hall–Kier alpha value is -2.02. The predicted octanol–water partition coefficient (Wildman–Crippen LogP) is 1.99. The number of benzene rings is 1. The van der Waals surface area contributed by atoms with Crippen molar-refractivity contribution in [3.05, 3.63) is 29.3 Å². The molecule has 2 atom stereocenters. The topological polar surface area (TPSA) is 78.4 Å². The summed E-state index contributed by atoms with van der Waals surface area (Å²) in [5, 5.41) is 14.4. The molecule has 1 aliphatic rings. The molecule has 0 spiro atoms. The van der Waals surface area contributed by atoms with E-state index >= 15 is 0 Å². The van der Waals surface area contributed by atoms with Crippen LogP contribution in [0.3, 0.4) is 0 Å². The molecule has 1 saturated heterocycles. The normalized spacial score (nSPS) is 21.9. The van der Waals surface area contributed by atoms with Gasteiger partial charge in [-0.05, 0) is 31.4 Å². The first-order valence-electron chi connectivity index (χ1n) is 6.65. The van der Waals surface area contributed by atoms with E-state index < -0.39 is 35.1 Å². The van der Waals surface area contributed by atoms with E-state index in [4.69, 9.17) is 5.11 Å². The fourth-order valence-electron chi connectivity index (χ4n) is 2.35. The van der Waals surface area contributed by atoms with E-state index in [9.17, 15) is 18.4 Å². The third kappa shape index (κ3) is 3.55. The molecule has 0 radical (unpaired) electrons. The lowest BCUT2D eigenvalue weighted by Crippen LogP contribution is -2.45. The number of aromatic carboxylic acids is 1. The Bertz CT molecular complexity index is 578. The van der Waals surface area contributed by atoms with E-state index in [0.717, 1.165) is 6.42 Å². The smallest absolute Gasteiger partial charge is 0.337 e. The minimum atomic E-state index is -1.44. The number of amides is 1. The highest BCUT2D eigenvalue weighted by atomic mass is 19.2. The first kappa shape index (κ1) is 15.4. The third-order valence-electron chi connectivity index (χ3n) is 3.53. The monoisotopic (exact) mass is 298 g/mol. The van der Waals surface area contributed by atoms with Gasteiger partial charge in [-0.1, -0.05) is 6.92 Å². The summed E-state index contributed by atoms with van der Waals surface area (Å²) in [5.41, 5.74) is -0.725. The molecule has 114 valence electrons. The number of anilines is 1. The SMILES string of the molecule is CC1CCNC(C(=O)Nc2cc(F)c(F)cc2C(=O)O)C1. The molecular weight excluding hydrogens is 282 g/mol. The van der Waals surface area contributed by atoms with Crippen molar-refractivity contribution in [2.75, 3.05) is 11.9 Å². The van der Waals surface area contributed by atoms with Crippen molar-refractivity contribution in [1.82, 2.24) is 5.32 Å². The summed E-state index contributed by atoms with van der Waals surface area (Å²) in [4.78, 5) is 23.1. The molecule has 3 N–H and O–H groups in total. The molecule has 0 bridgehead atoms. The number of carboxylic acid groups (broad SMARTS) is 1. The van der Waals surface area contributed by atoms with Crippen LogP contribution in [-0.2, 0) is 4.79 Å². The van der Waals surface area contributed by atoms with Crippen LogP contribution < -0.4 is 10.6 Å². The molecule has 0 saturated carbocycles. The molecule has 2 rings (SSSR count). The fourth-order valence-corrected chi connectivity index (χ4v) is 2.35. The quantitative estimate of drug-likeness (QED) is 0.797. The van der Waals surface area contributed by atoms with E-state index in [2.05, 4.69) is 10.6 Å². The summed E-state index contributed by atoms with van der Waals surface area (Å²) in [5.74, 6) is -4.00. The highest BCUT2D eigenvalue weighted by molar-refractivity contribution is 6.02. The second kappa shape index (κ2) is 6.17. The molecule has 0 aromatic heterocycles. The average molecular weight is 298 g/mol. The van der Waals surface area contributed by atoms with Crippen LogP contribution in [0.5, 0.6) is 0 Å². The maximum atomic E-state index is 13.2. The van der Waals surface area contributed by atoms with Crippen LogP contribution >= 0.6 is 0 Å². The second-order valence-corrected chi connectivity index (χ2v) is 5.24. The number of carbonyl (C=O) groups is 2. The number of hydrogen-bond donors (Lipinski definition) is 3. The van der Waals surface area contributed by atoms with Gasteiger partial charge in [-0.25, -0.2) is 13.6 Å². The van der Waals surface area contributed by atoms with Crippen molar-refractivity contribution in [3.63, 3.8) is 0 Å². The third-order valence-corrected chi connectivity index (χ3v) is 3.53. The predicted molar refractivity (Wildman–Crippen MR) is 72.1 cm³/mol. The molecule has 1 aromatic rings. The summed E-state index contributed by atoms with van der Waals surface area (Å²) in [6, 6.07) is 0.774. The fraction of sp³-hybridized carbons (Fsp3) is 0.429. The molecule has 21 heavy (non-hydrogen) atoms. The summed E-state index contributed by atoms with van der Waals surface area (Å²) in [6.45, 7) is 2.70. The first-order valence-corrected chi connectivity index (χ1v) is 6.65. The van der Waals surface area contributed by atoms with Crippen LogP contribution in [-0.4, -0.2) is 29.6 Å². The Labute approximate surface area is 120 Å². The van der Waals surface area contributed by atoms with Crippen molar-refractivity contribution in [2.24, 2.45) is 5.92 Å². The first-order chi connectivity index (χ1) is 9.88. The van der Waals surface area contributed by atoms with Crippen LogP contribution in [0.2, 0.25) is 0 Å². The number of halogens is 2. The van der Waals surface area contributed by atoms with Gasteiger partial charge in [0.25, 0.3) is 0 Å². The maximum Gasteiger partial charge on any atom is 0.337 e. The Morgan fingerprint density at radius 2 is 2.00 bits per heavy atom. The molecule has 2 unspecified atom stereocenters. The lowest BCUT2D eigenvalue weighted by Gasteiger charge is -2.27. The highest BCUT2D eigenvalue weighted by Crippen LogP contribution is 2.22. The number of piperidine rings is 1. The van der Waals surface area contributed by atoms with Crippen molar-refractivity contribution in [3.8, 4) is 0 Å². The van der Waals surface area contributed by atoms with E-state index in [1.807, 2.05) is 6.92 Å². The van der Waals surface area contributed by atoms with Crippen LogP contribution in [0.15, 0.2) is 12.1 Å². The second-order valence-electron chi connectivity index (χ2n) is 5.24. The van der Waals surface area contributed by atoms with Gasteiger partial charge >= 0.3 is 5.97 Å².